The van der Waals surface area contributed by atoms with Gasteiger partial charge in [-0.05, 0) is 37.5 Å². The Morgan fingerprint density at radius 1 is 0.912 bits per heavy atom. The molecule has 0 radical (unpaired) electrons. The van der Waals surface area contributed by atoms with E-state index in [0.717, 1.165) is 5.92 Å². The zero-order valence-electron chi connectivity index (χ0n) is 21.2. The fraction of sp³-hybridized carbons (Fsp3) is 0.533. The van der Waals surface area contributed by atoms with E-state index in [2.05, 4.69) is 74.9 Å². The molecule has 2 aromatic rings. The standard InChI is InChI=1S/C21H32P.C9H11.2ClH.Ti/c1-3-5-7-11-15-22(16-12-8-6-4-2)21-17-19-13-9-10-14-20(19)18-21;1-2-5-9-7-3-6-8(9)4-1;;;/h9-10,13-14,17-18H,3-8,11-12,15-16H2,1-2H3;1-2,4,6,9H,3,5,7H2;2*1H;/q2*-1;;;+4/p-2. The molecule has 34 heavy (non-hydrogen) atoms. The fourth-order valence-electron chi connectivity index (χ4n) is 4.81. The molecule has 0 nitrogen and oxygen atoms in total. The third-order valence-electron chi connectivity index (χ3n) is 6.74. The molecule has 4 rings (SSSR count). The van der Waals surface area contributed by atoms with Gasteiger partial charge >= 0.3 is 21.7 Å². The number of hydrogen-bond acceptors (Lipinski definition) is 0. The van der Waals surface area contributed by atoms with Crippen molar-refractivity contribution in [1.29, 1.82) is 0 Å². The summed E-state index contributed by atoms with van der Waals surface area (Å²) >= 11 is 0. The quantitative estimate of drug-likeness (QED) is 0.174. The van der Waals surface area contributed by atoms with Gasteiger partial charge in [-0.25, -0.2) is 18.1 Å². The smallest absolute Gasteiger partial charge is 1.00 e. The average molecular weight is 553 g/mol. The van der Waals surface area contributed by atoms with Crippen LogP contribution in [-0.2, 0) is 21.7 Å². The van der Waals surface area contributed by atoms with Gasteiger partial charge in [0.25, 0.3) is 0 Å². The zero-order valence-corrected chi connectivity index (χ0v) is 25.2. The molecule has 1 unspecified atom stereocenters. The van der Waals surface area contributed by atoms with Crippen molar-refractivity contribution in [3.8, 4) is 0 Å². The summed E-state index contributed by atoms with van der Waals surface area (Å²) in [5, 5.41) is 4.53. The zero-order chi connectivity index (χ0) is 21.7. The van der Waals surface area contributed by atoms with Crippen molar-refractivity contribution in [1.82, 2.24) is 0 Å². The van der Waals surface area contributed by atoms with Crippen molar-refractivity contribution in [3.05, 3.63) is 66.6 Å². The van der Waals surface area contributed by atoms with Gasteiger partial charge in [-0.15, -0.1) is 58.9 Å². The molecule has 0 saturated heterocycles. The number of rotatable bonds is 11. The molecule has 0 N–H and O–H groups in total. The molecular formula is C30H43Cl2PTi. The summed E-state index contributed by atoms with van der Waals surface area (Å²) in [6, 6.07) is 13.8. The van der Waals surface area contributed by atoms with Gasteiger partial charge in [-0.2, -0.15) is 6.07 Å². The van der Waals surface area contributed by atoms with Gasteiger partial charge in [-0.3, -0.25) is 0 Å². The largest absolute Gasteiger partial charge is 4.00 e. The number of unbranched alkanes of at least 4 members (excludes halogenated alkanes) is 6. The average Bonchev–Trinajstić information content (AvgIpc) is 3.45. The number of allylic oxidation sites excluding steroid dienone is 4. The summed E-state index contributed by atoms with van der Waals surface area (Å²) in [6.07, 6.45) is 27.1. The molecule has 1 atom stereocenters. The van der Waals surface area contributed by atoms with E-state index in [0.29, 0.717) is 0 Å². The van der Waals surface area contributed by atoms with Gasteiger partial charge in [-0.1, -0.05) is 72.8 Å². The van der Waals surface area contributed by atoms with Crippen LogP contribution in [0.2, 0.25) is 0 Å². The topological polar surface area (TPSA) is 0 Å². The Hall–Kier alpha value is -0.0957. The van der Waals surface area contributed by atoms with Crippen molar-refractivity contribution in [2.45, 2.75) is 84.5 Å². The maximum absolute atomic E-state index is 2.47. The predicted molar refractivity (Wildman–Crippen MR) is 143 cm³/mol. The van der Waals surface area contributed by atoms with Crippen LogP contribution in [0.4, 0.5) is 0 Å². The third kappa shape index (κ3) is 11.3. The van der Waals surface area contributed by atoms with Crippen molar-refractivity contribution >= 4 is 24.0 Å². The fourth-order valence-corrected chi connectivity index (χ4v) is 7.40. The van der Waals surface area contributed by atoms with Crippen LogP contribution in [0, 0.1) is 12.3 Å². The van der Waals surface area contributed by atoms with E-state index in [1.165, 1.54) is 93.7 Å². The monoisotopic (exact) mass is 552 g/mol. The first-order valence-electron chi connectivity index (χ1n) is 12.9. The number of hydrogen-bond donors (Lipinski definition) is 0. The summed E-state index contributed by atoms with van der Waals surface area (Å²) in [6.45, 7) is 4.61. The van der Waals surface area contributed by atoms with E-state index in [1.54, 1.807) is 10.9 Å². The Kier molecular flexibility index (Phi) is 20.0. The molecule has 0 heterocycles. The molecule has 2 aromatic carbocycles. The van der Waals surface area contributed by atoms with Crippen LogP contribution in [0.25, 0.3) is 10.8 Å². The SMILES string of the molecule is C1=CCC2CC[CH-]C2=C1.CCCCCCP(CCCCCC)c1cc2ccccc2[cH-]1.[Cl-].[Cl-].[Ti+4]. The number of fused-ring (bicyclic) bond motifs is 2. The Balaban J connectivity index is 0.000000764. The van der Waals surface area contributed by atoms with Crippen LogP contribution in [0.5, 0.6) is 0 Å². The van der Waals surface area contributed by atoms with E-state index < -0.39 is 0 Å². The first kappa shape index (κ1) is 33.9. The van der Waals surface area contributed by atoms with Crippen molar-refractivity contribution in [2.75, 3.05) is 12.3 Å². The number of benzene rings is 1. The molecule has 4 heteroatoms. The summed E-state index contributed by atoms with van der Waals surface area (Å²) in [4.78, 5) is 0. The Morgan fingerprint density at radius 2 is 1.59 bits per heavy atom. The molecule has 2 aliphatic carbocycles. The number of halogens is 2. The van der Waals surface area contributed by atoms with E-state index in [-0.39, 0.29) is 54.5 Å². The van der Waals surface area contributed by atoms with E-state index in [1.807, 2.05) is 0 Å². The minimum atomic E-state index is 0. The second-order valence-corrected chi connectivity index (χ2v) is 11.8. The maximum Gasteiger partial charge on any atom is 4.00 e. The first-order valence-corrected chi connectivity index (χ1v) is 14.6. The second-order valence-electron chi connectivity index (χ2n) is 9.26. The summed E-state index contributed by atoms with van der Waals surface area (Å²) in [5.74, 6) is 0.884. The molecule has 0 aliphatic heterocycles. The van der Waals surface area contributed by atoms with Crippen molar-refractivity contribution in [3.63, 3.8) is 0 Å². The van der Waals surface area contributed by atoms with Crippen LogP contribution in [-0.4, -0.2) is 12.3 Å². The van der Waals surface area contributed by atoms with Gasteiger partial charge in [0.05, 0.1) is 0 Å². The van der Waals surface area contributed by atoms with Crippen LogP contribution in [0.15, 0.2) is 60.2 Å². The summed E-state index contributed by atoms with van der Waals surface area (Å²) in [5.41, 5.74) is 1.58. The van der Waals surface area contributed by atoms with Crippen LogP contribution >= 0.6 is 7.92 Å². The van der Waals surface area contributed by atoms with E-state index >= 15 is 0 Å². The molecule has 0 aromatic heterocycles. The molecule has 1 fully saturated rings. The minimum Gasteiger partial charge on any atom is -1.00 e. The van der Waals surface area contributed by atoms with E-state index in [4.69, 9.17) is 0 Å². The molecule has 0 amide bonds. The van der Waals surface area contributed by atoms with E-state index in [9.17, 15) is 0 Å². The molecule has 1 saturated carbocycles. The normalized spacial score (nSPS) is 15.7. The van der Waals surface area contributed by atoms with Gasteiger partial charge < -0.3 is 24.8 Å². The predicted octanol–water partition coefficient (Wildman–Crippen LogP) is 3.32. The third-order valence-corrected chi connectivity index (χ3v) is 9.44. The molecule has 0 bridgehead atoms. The molecule has 186 valence electrons. The Labute approximate surface area is 238 Å². The molecular weight excluding hydrogens is 510 g/mol. The van der Waals surface area contributed by atoms with Gasteiger partial charge in [0.15, 0.2) is 0 Å². The molecule has 0 spiro atoms. The molecule has 2 aliphatic rings. The van der Waals surface area contributed by atoms with Crippen molar-refractivity contribution < 1.29 is 46.5 Å². The summed E-state index contributed by atoms with van der Waals surface area (Å²) < 4.78 is 0. The Bertz CT molecular complexity index is 781. The van der Waals surface area contributed by atoms with Crippen LogP contribution < -0.4 is 30.1 Å². The summed E-state index contributed by atoms with van der Waals surface area (Å²) in [7, 11) is 0.0642. The second kappa shape index (κ2) is 20.0. The van der Waals surface area contributed by atoms with Gasteiger partial charge in [0.1, 0.15) is 0 Å². The minimum absolute atomic E-state index is 0. The maximum atomic E-state index is 2.47. The van der Waals surface area contributed by atoms with Crippen LogP contribution in [0.1, 0.15) is 84.5 Å². The first-order chi connectivity index (χ1) is 15.3. The van der Waals surface area contributed by atoms with Crippen molar-refractivity contribution in [2.24, 2.45) is 5.92 Å². The van der Waals surface area contributed by atoms with Crippen LogP contribution in [0.3, 0.4) is 0 Å². The van der Waals surface area contributed by atoms with Gasteiger partial charge in [0, 0.05) is 0 Å². The Morgan fingerprint density at radius 3 is 2.21 bits per heavy atom. The van der Waals surface area contributed by atoms with Gasteiger partial charge in [0.2, 0.25) is 0 Å².